The second kappa shape index (κ2) is 4.75. The van der Waals surface area contributed by atoms with Crippen molar-refractivity contribution >= 4 is 11.7 Å². The Balaban J connectivity index is 2.36. The van der Waals surface area contributed by atoms with E-state index in [1.807, 2.05) is 18.2 Å². The number of rotatable bonds is 3. The second-order valence-corrected chi connectivity index (χ2v) is 4.09. The largest absolute Gasteiger partial charge is 0.426 e. The molecule has 4 heteroatoms. The first-order valence-corrected chi connectivity index (χ1v) is 5.93. The first-order valence-electron chi connectivity index (χ1n) is 5.93. The lowest BCUT2D eigenvalue weighted by Crippen LogP contribution is -2.23. The molecule has 0 aliphatic carbocycles. The molecule has 0 saturated carbocycles. The molecule has 0 aromatic heterocycles. The lowest BCUT2D eigenvalue weighted by molar-refractivity contribution is -0.138. The Bertz CT molecular complexity index is 427. The summed E-state index contributed by atoms with van der Waals surface area (Å²) in [5, 5.41) is 9.76. The zero-order valence-corrected chi connectivity index (χ0v) is 10.1. The van der Waals surface area contributed by atoms with Crippen LogP contribution in [0, 0.1) is 0 Å². The van der Waals surface area contributed by atoms with E-state index in [9.17, 15) is 9.90 Å². The van der Waals surface area contributed by atoms with E-state index in [2.05, 4.69) is 18.7 Å². The van der Waals surface area contributed by atoms with Crippen molar-refractivity contribution in [2.24, 2.45) is 0 Å². The summed E-state index contributed by atoms with van der Waals surface area (Å²) in [5.74, 6) is 0.111. The Morgan fingerprint density at radius 2 is 2.12 bits per heavy atom. The molecule has 1 atom stereocenters. The molecule has 92 valence electrons. The second-order valence-electron chi connectivity index (χ2n) is 4.09. The average Bonchev–Trinajstić information content (AvgIpc) is 2.30. The molecule has 1 heterocycles. The molecule has 0 radical (unpaired) electrons. The van der Waals surface area contributed by atoms with E-state index in [1.165, 1.54) is 0 Å². The quantitative estimate of drug-likeness (QED) is 0.642. The van der Waals surface area contributed by atoms with Crippen molar-refractivity contribution in [3.63, 3.8) is 0 Å². The maximum absolute atomic E-state index is 11.3. The molecule has 1 aromatic carbocycles. The van der Waals surface area contributed by atoms with Gasteiger partial charge in [0.05, 0.1) is 12.5 Å². The first-order chi connectivity index (χ1) is 8.15. The minimum Gasteiger partial charge on any atom is -0.426 e. The lowest BCUT2D eigenvalue weighted by atomic mass is 10.0. The highest BCUT2D eigenvalue weighted by Crippen LogP contribution is 2.35. The maximum atomic E-state index is 11.3. The fourth-order valence-electron chi connectivity index (χ4n) is 2.10. The average molecular weight is 235 g/mol. The van der Waals surface area contributed by atoms with Gasteiger partial charge in [0.15, 0.2) is 0 Å². The number of anilines is 1. The zero-order chi connectivity index (χ0) is 12.4. The summed E-state index contributed by atoms with van der Waals surface area (Å²) < 4.78 is 5.16. The van der Waals surface area contributed by atoms with Gasteiger partial charge in [-0.2, -0.15) is 0 Å². The van der Waals surface area contributed by atoms with E-state index in [0.29, 0.717) is 11.3 Å². The van der Waals surface area contributed by atoms with Gasteiger partial charge in [0.2, 0.25) is 0 Å². The van der Waals surface area contributed by atoms with Crippen molar-refractivity contribution in [2.45, 2.75) is 26.4 Å². The van der Waals surface area contributed by atoms with Gasteiger partial charge in [0, 0.05) is 30.4 Å². The first kappa shape index (κ1) is 11.9. The number of aliphatic hydroxyl groups is 1. The molecule has 2 rings (SSSR count). The zero-order valence-electron chi connectivity index (χ0n) is 10.1. The van der Waals surface area contributed by atoms with Gasteiger partial charge in [0.1, 0.15) is 5.75 Å². The fraction of sp³-hybridized carbons (Fsp3) is 0.462. The third kappa shape index (κ3) is 2.26. The molecular weight excluding hydrogens is 218 g/mol. The number of nitrogens with zero attached hydrogens (tertiary/aromatic N) is 1. The van der Waals surface area contributed by atoms with Crippen LogP contribution in [0.3, 0.4) is 0 Å². The van der Waals surface area contributed by atoms with Gasteiger partial charge in [-0.05, 0) is 19.9 Å². The molecule has 1 aliphatic rings. The van der Waals surface area contributed by atoms with Gasteiger partial charge in [0.25, 0.3) is 0 Å². The van der Waals surface area contributed by atoms with Crippen molar-refractivity contribution in [1.82, 2.24) is 0 Å². The molecule has 0 bridgehead atoms. The Hall–Kier alpha value is -1.55. The van der Waals surface area contributed by atoms with Crippen molar-refractivity contribution in [3.05, 3.63) is 23.8 Å². The van der Waals surface area contributed by atoms with Crippen LogP contribution in [0.2, 0.25) is 0 Å². The highest BCUT2D eigenvalue weighted by molar-refractivity contribution is 5.77. The van der Waals surface area contributed by atoms with Crippen molar-refractivity contribution in [1.29, 1.82) is 0 Å². The third-order valence-electron chi connectivity index (χ3n) is 3.07. The van der Waals surface area contributed by atoms with E-state index >= 15 is 0 Å². The van der Waals surface area contributed by atoms with Crippen LogP contribution in [0.5, 0.6) is 5.75 Å². The SMILES string of the molecule is CCN(CC)c1ccc2c(c1)OC(=O)CC2O. The van der Waals surface area contributed by atoms with Crippen LogP contribution in [0.4, 0.5) is 5.69 Å². The van der Waals surface area contributed by atoms with Gasteiger partial charge in [-0.1, -0.05) is 6.07 Å². The third-order valence-corrected chi connectivity index (χ3v) is 3.07. The molecule has 1 N–H and O–H groups in total. The minimum atomic E-state index is -0.739. The minimum absolute atomic E-state index is 0.0393. The van der Waals surface area contributed by atoms with Gasteiger partial charge in [-0.3, -0.25) is 4.79 Å². The number of fused-ring (bicyclic) bond motifs is 1. The summed E-state index contributed by atoms with van der Waals surface area (Å²) in [5.41, 5.74) is 1.70. The topological polar surface area (TPSA) is 49.8 Å². The number of benzene rings is 1. The Morgan fingerprint density at radius 3 is 2.76 bits per heavy atom. The lowest BCUT2D eigenvalue weighted by Gasteiger charge is -2.25. The van der Waals surface area contributed by atoms with Gasteiger partial charge >= 0.3 is 5.97 Å². The Morgan fingerprint density at radius 1 is 1.41 bits per heavy atom. The molecular formula is C13H17NO3. The molecule has 0 fully saturated rings. The highest BCUT2D eigenvalue weighted by atomic mass is 16.5. The summed E-state index contributed by atoms with van der Waals surface area (Å²) in [6.07, 6.45) is -0.700. The molecule has 1 aliphatic heterocycles. The fourth-order valence-corrected chi connectivity index (χ4v) is 2.10. The molecule has 0 spiro atoms. The van der Waals surface area contributed by atoms with Crippen LogP contribution >= 0.6 is 0 Å². The number of carbonyl (C=O) groups excluding carboxylic acids is 1. The van der Waals surface area contributed by atoms with Crippen LogP contribution < -0.4 is 9.64 Å². The molecule has 1 unspecified atom stereocenters. The van der Waals surface area contributed by atoms with Crippen LogP contribution in [0.25, 0.3) is 0 Å². The monoisotopic (exact) mass is 235 g/mol. The van der Waals surface area contributed by atoms with E-state index in [1.54, 1.807) is 0 Å². The standard InChI is InChI=1S/C13H17NO3/c1-3-14(4-2)9-5-6-10-11(15)8-13(16)17-12(10)7-9/h5-7,11,15H,3-4,8H2,1-2H3. The van der Waals surface area contributed by atoms with Gasteiger partial charge in [-0.25, -0.2) is 0 Å². The van der Waals surface area contributed by atoms with Crippen LogP contribution in [-0.2, 0) is 4.79 Å². The summed E-state index contributed by atoms with van der Waals surface area (Å²) in [4.78, 5) is 13.4. The Labute approximate surface area is 101 Å². The van der Waals surface area contributed by atoms with Crippen molar-refractivity contribution < 1.29 is 14.6 Å². The van der Waals surface area contributed by atoms with E-state index in [-0.39, 0.29) is 12.4 Å². The maximum Gasteiger partial charge on any atom is 0.314 e. The van der Waals surface area contributed by atoms with Gasteiger partial charge in [-0.15, -0.1) is 0 Å². The molecule has 4 nitrogen and oxygen atoms in total. The van der Waals surface area contributed by atoms with E-state index < -0.39 is 6.10 Å². The highest BCUT2D eigenvalue weighted by Gasteiger charge is 2.25. The van der Waals surface area contributed by atoms with Crippen LogP contribution in [0.15, 0.2) is 18.2 Å². The normalized spacial score (nSPS) is 18.5. The van der Waals surface area contributed by atoms with E-state index in [4.69, 9.17) is 4.74 Å². The number of carbonyl (C=O) groups is 1. The smallest absolute Gasteiger partial charge is 0.314 e. The summed E-state index contributed by atoms with van der Waals surface area (Å²) in [6.45, 7) is 5.94. The number of esters is 1. The van der Waals surface area contributed by atoms with Crippen LogP contribution in [0.1, 0.15) is 31.9 Å². The van der Waals surface area contributed by atoms with Crippen molar-refractivity contribution in [3.8, 4) is 5.75 Å². The molecule has 1 aromatic rings. The van der Waals surface area contributed by atoms with E-state index in [0.717, 1.165) is 18.8 Å². The number of aliphatic hydroxyl groups excluding tert-OH is 1. The predicted molar refractivity (Wildman–Crippen MR) is 65.2 cm³/mol. The molecule has 17 heavy (non-hydrogen) atoms. The molecule has 0 amide bonds. The summed E-state index contributed by atoms with van der Waals surface area (Å²) >= 11 is 0. The number of ether oxygens (including phenoxy) is 1. The summed E-state index contributed by atoms with van der Waals surface area (Å²) in [7, 11) is 0. The predicted octanol–water partition coefficient (Wildman–Crippen LogP) is 1.88. The number of hydrogen-bond donors (Lipinski definition) is 1. The van der Waals surface area contributed by atoms with Gasteiger partial charge < -0.3 is 14.7 Å². The van der Waals surface area contributed by atoms with Crippen LogP contribution in [-0.4, -0.2) is 24.2 Å². The Kier molecular flexibility index (Phi) is 3.33. The number of hydrogen-bond acceptors (Lipinski definition) is 4. The summed E-state index contributed by atoms with van der Waals surface area (Å²) in [6, 6.07) is 5.61. The molecule has 0 saturated heterocycles. The van der Waals surface area contributed by atoms with Crippen molar-refractivity contribution in [2.75, 3.05) is 18.0 Å².